The second kappa shape index (κ2) is 6.44. The third-order valence-electron chi connectivity index (χ3n) is 3.36. The average Bonchev–Trinajstić information content (AvgIpc) is 2.59. The summed E-state index contributed by atoms with van der Waals surface area (Å²) in [7, 11) is 0. The monoisotopic (exact) mass is 198 g/mol. The summed E-state index contributed by atoms with van der Waals surface area (Å²) in [5, 5.41) is 0. The minimum Gasteiger partial charge on any atom is -0.375 e. The van der Waals surface area contributed by atoms with E-state index in [0.29, 0.717) is 0 Å². The zero-order valence-electron chi connectivity index (χ0n) is 9.98. The number of ether oxygens (including phenoxy) is 1. The van der Waals surface area contributed by atoms with Crippen molar-refractivity contribution in [2.24, 2.45) is 0 Å². The quantitative estimate of drug-likeness (QED) is 0.554. The molecule has 1 aliphatic heterocycles. The van der Waals surface area contributed by atoms with Crippen molar-refractivity contribution in [1.82, 2.24) is 0 Å². The highest BCUT2D eigenvalue weighted by Gasteiger charge is 2.28. The van der Waals surface area contributed by atoms with Crippen LogP contribution in [0.2, 0.25) is 0 Å². The Morgan fingerprint density at radius 1 is 1.07 bits per heavy atom. The molecule has 0 aliphatic carbocycles. The van der Waals surface area contributed by atoms with Crippen molar-refractivity contribution in [2.75, 3.05) is 6.61 Å². The number of hydrogen-bond donors (Lipinski definition) is 0. The minimum absolute atomic E-state index is 0.241. The summed E-state index contributed by atoms with van der Waals surface area (Å²) in [6.45, 7) is 5.55. The Morgan fingerprint density at radius 3 is 2.43 bits per heavy atom. The zero-order chi connectivity index (χ0) is 10.3. The zero-order valence-corrected chi connectivity index (χ0v) is 9.98. The van der Waals surface area contributed by atoms with Crippen LogP contribution in [0.5, 0.6) is 0 Å². The predicted octanol–water partition coefficient (Wildman–Crippen LogP) is 4.31. The Kier molecular flexibility index (Phi) is 5.54. The molecule has 1 saturated heterocycles. The molecule has 0 radical (unpaired) electrons. The SMILES string of the molecule is CCCCCCCC[C@]1(C)CCCO1. The summed E-state index contributed by atoms with van der Waals surface area (Å²) in [5.41, 5.74) is 0.241. The van der Waals surface area contributed by atoms with Crippen LogP contribution in [0.25, 0.3) is 0 Å². The van der Waals surface area contributed by atoms with Gasteiger partial charge in [-0.15, -0.1) is 0 Å². The van der Waals surface area contributed by atoms with Gasteiger partial charge >= 0.3 is 0 Å². The minimum atomic E-state index is 0.241. The van der Waals surface area contributed by atoms with Crippen LogP contribution in [-0.4, -0.2) is 12.2 Å². The maximum absolute atomic E-state index is 5.77. The van der Waals surface area contributed by atoms with Crippen molar-refractivity contribution in [1.29, 1.82) is 0 Å². The molecule has 1 atom stereocenters. The fourth-order valence-corrected chi connectivity index (χ4v) is 2.31. The Labute approximate surface area is 89.2 Å². The van der Waals surface area contributed by atoms with Crippen molar-refractivity contribution in [3.8, 4) is 0 Å². The van der Waals surface area contributed by atoms with Crippen molar-refractivity contribution in [3.63, 3.8) is 0 Å². The largest absolute Gasteiger partial charge is 0.375 e. The van der Waals surface area contributed by atoms with E-state index in [1.54, 1.807) is 0 Å². The lowest BCUT2D eigenvalue weighted by Crippen LogP contribution is -2.22. The van der Waals surface area contributed by atoms with Gasteiger partial charge in [-0.1, -0.05) is 45.4 Å². The first-order valence-electron chi connectivity index (χ1n) is 6.41. The van der Waals surface area contributed by atoms with Crippen molar-refractivity contribution in [3.05, 3.63) is 0 Å². The second-order valence-electron chi connectivity index (χ2n) is 4.92. The van der Waals surface area contributed by atoms with E-state index >= 15 is 0 Å². The van der Waals surface area contributed by atoms with Gasteiger partial charge in [0.05, 0.1) is 5.60 Å². The van der Waals surface area contributed by atoms with E-state index in [4.69, 9.17) is 4.74 Å². The normalized spacial score (nSPS) is 27.0. The summed E-state index contributed by atoms with van der Waals surface area (Å²) in [6, 6.07) is 0. The summed E-state index contributed by atoms with van der Waals surface area (Å²) in [5.74, 6) is 0. The summed E-state index contributed by atoms with van der Waals surface area (Å²) in [4.78, 5) is 0. The molecular formula is C13H26O. The van der Waals surface area contributed by atoms with E-state index in [1.165, 1.54) is 57.8 Å². The predicted molar refractivity (Wildman–Crippen MR) is 61.6 cm³/mol. The van der Waals surface area contributed by atoms with Crippen LogP contribution in [-0.2, 0) is 4.74 Å². The highest BCUT2D eigenvalue weighted by molar-refractivity contribution is 4.79. The summed E-state index contributed by atoms with van der Waals surface area (Å²) >= 11 is 0. The second-order valence-corrected chi connectivity index (χ2v) is 4.92. The molecule has 1 heterocycles. The highest BCUT2D eigenvalue weighted by atomic mass is 16.5. The molecule has 0 unspecified atom stereocenters. The number of unbranched alkanes of at least 4 members (excludes halogenated alkanes) is 5. The molecule has 0 saturated carbocycles. The maximum Gasteiger partial charge on any atom is 0.0655 e. The topological polar surface area (TPSA) is 9.23 Å². The van der Waals surface area contributed by atoms with E-state index in [1.807, 2.05) is 0 Å². The lowest BCUT2D eigenvalue weighted by atomic mass is 9.95. The van der Waals surface area contributed by atoms with Crippen molar-refractivity contribution in [2.45, 2.75) is 77.2 Å². The van der Waals surface area contributed by atoms with Gasteiger partial charge in [-0.2, -0.15) is 0 Å². The van der Waals surface area contributed by atoms with Crippen LogP contribution in [0.4, 0.5) is 0 Å². The first-order chi connectivity index (χ1) is 6.77. The molecule has 84 valence electrons. The van der Waals surface area contributed by atoms with Gasteiger partial charge in [0.2, 0.25) is 0 Å². The van der Waals surface area contributed by atoms with E-state index in [2.05, 4.69) is 13.8 Å². The maximum atomic E-state index is 5.77. The van der Waals surface area contributed by atoms with Crippen molar-refractivity contribution < 1.29 is 4.74 Å². The first-order valence-corrected chi connectivity index (χ1v) is 6.41. The molecule has 0 bridgehead atoms. The first kappa shape index (κ1) is 12.0. The van der Waals surface area contributed by atoms with Gasteiger partial charge in [0.25, 0.3) is 0 Å². The van der Waals surface area contributed by atoms with Gasteiger partial charge in [0.15, 0.2) is 0 Å². The van der Waals surface area contributed by atoms with Crippen LogP contribution >= 0.6 is 0 Å². The molecule has 0 aromatic heterocycles. The fraction of sp³-hybridized carbons (Fsp3) is 1.00. The average molecular weight is 198 g/mol. The Bertz CT molecular complexity index is 136. The standard InChI is InChI=1S/C13H26O/c1-3-4-5-6-7-8-10-13(2)11-9-12-14-13/h3-12H2,1-2H3/t13-/m1/s1. The summed E-state index contributed by atoms with van der Waals surface area (Å²) in [6.07, 6.45) is 12.2. The molecule has 1 fully saturated rings. The Hall–Kier alpha value is -0.0400. The molecule has 1 aliphatic rings. The molecule has 0 spiro atoms. The van der Waals surface area contributed by atoms with Gasteiger partial charge in [0, 0.05) is 6.61 Å². The molecule has 0 aromatic carbocycles. The molecule has 0 N–H and O–H groups in total. The Balaban J connectivity index is 1.92. The van der Waals surface area contributed by atoms with Crippen LogP contribution < -0.4 is 0 Å². The van der Waals surface area contributed by atoms with Crippen LogP contribution in [0.1, 0.15) is 71.6 Å². The van der Waals surface area contributed by atoms with Gasteiger partial charge in [-0.05, 0) is 26.2 Å². The highest BCUT2D eigenvalue weighted by Crippen LogP contribution is 2.30. The van der Waals surface area contributed by atoms with E-state index in [9.17, 15) is 0 Å². The third-order valence-corrected chi connectivity index (χ3v) is 3.36. The van der Waals surface area contributed by atoms with E-state index in [-0.39, 0.29) is 5.60 Å². The van der Waals surface area contributed by atoms with Crippen LogP contribution in [0, 0.1) is 0 Å². The van der Waals surface area contributed by atoms with Gasteiger partial charge in [-0.3, -0.25) is 0 Å². The molecule has 1 nitrogen and oxygen atoms in total. The van der Waals surface area contributed by atoms with Crippen LogP contribution in [0.15, 0.2) is 0 Å². The van der Waals surface area contributed by atoms with Crippen molar-refractivity contribution >= 4 is 0 Å². The van der Waals surface area contributed by atoms with E-state index < -0.39 is 0 Å². The molecule has 14 heavy (non-hydrogen) atoms. The smallest absolute Gasteiger partial charge is 0.0655 e. The van der Waals surface area contributed by atoms with Gasteiger partial charge < -0.3 is 4.74 Å². The third kappa shape index (κ3) is 4.45. The molecule has 0 amide bonds. The molecule has 0 aromatic rings. The van der Waals surface area contributed by atoms with E-state index in [0.717, 1.165) is 6.61 Å². The number of hydrogen-bond acceptors (Lipinski definition) is 1. The molecular weight excluding hydrogens is 172 g/mol. The lowest BCUT2D eigenvalue weighted by molar-refractivity contribution is 0.0113. The van der Waals surface area contributed by atoms with Gasteiger partial charge in [-0.25, -0.2) is 0 Å². The van der Waals surface area contributed by atoms with Gasteiger partial charge in [0.1, 0.15) is 0 Å². The summed E-state index contributed by atoms with van der Waals surface area (Å²) < 4.78 is 5.77. The fourth-order valence-electron chi connectivity index (χ4n) is 2.31. The molecule has 1 heteroatoms. The number of rotatable bonds is 7. The Morgan fingerprint density at radius 2 is 1.79 bits per heavy atom. The van der Waals surface area contributed by atoms with Crippen LogP contribution in [0.3, 0.4) is 0 Å². The molecule has 1 rings (SSSR count). The lowest BCUT2D eigenvalue weighted by Gasteiger charge is -2.22.